The Morgan fingerprint density at radius 2 is 2.38 bits per heavy atom. The van der Waals surface area contributed by atoms with Crippen molar-refractivity contribution in [2.45, 2.75) is 12.8 Å². The van der Waals surface area contributed by atoms with E-state index < -0.39 is 0 Å². The lowest BCUT2D eigenvalue weighted by molar-refractivity contribution is 0.890. The summed E-state index contributed by atoms with van der Waals surface area (Å²) in [4.78, 5) is 0. The van der Waals surface area contributed by atoms with Gasteiger partial charge in [0.05, 0.1) is 18.2 Å². The van der Waals surface area contributed by atoms with E-state index in [1.807, 2.05) is 18.2 Å². The van der Waals surface area contributed by atoms with E-state index in [-0.39, 0.29) is 0 Å². The van der Waals surface area contributed by atoms with Crippen LogP contribution in [-0.4, -0.2) is 6.54 Å². The lowest BCUT2D eigenvalue weighted by atomic mass is 10.0. The fourth-order valence-corrected chi connectivity index (χ4v) is 1.78. The van der Waals surface area contributed by atoms with E-state index in [9.17, 15) is 0 Å². The smallest absolute Gasteiger partial charge is 0.0669 e. The molecular formula is C10H11N3. The molecule has 0 bridgehead atoms. The predicted molar refractivity (Wildman–Crippen MR) is 51.0 cm³/mol. The third-order valence-corrected chi connectivity index (χ3v) is 2.43. The van der Waals surface area contributed by atoms with Crippen molar-refractivity contribution in [3.63, 3.8) is 0 Å². The van der Waals surface area contributed by atoms with E-state index in [1.165, 1.54) is 5.56 Å². The maximum absolute atomic E-state index is 8.62. The molecule has 0 radical (unpaired) electrons. The molecule has 66 valence electrons. The van der Waals surface area contributed by atoms with Gasteiger partial charge in [0.2, 0.25) is 0 Å². The molecule has 1 aliphatic heterocycles. The minimum absolute atomic E-state index is 0.483. The summed E-state index contributed by atoms with van der Waals surface area (Å²) in [6, 6.07) is 8.13. The number of hydrogen-bond acceptors (Lipinski definition) is 3. The maximum Gasteiger partial charge on any atom is 0.0669 e. The van der Waals surface area contributed by atoms with Crippen LogP contribution in [0.4, 0.5) is 5.69 Å². The van der Waals surface area contributed by atoms with Gasteiger partial charge in [-0.15, -0.1) is 0 Å². The molecule has 0 aromatic heterocycles. The van der Waals surface area contributed by atoms with Crippen molar-refractivity contribution < 1.29 is 0 Å². The molecule has 0 saturated carbocycles. The summed E-state index contributed by atoms with van der Waals surface area (Å²) < 4.78 is 0. The molecule has 0 atom stereocenters. The van der Waals surface area contributed by atoms with E-state index in [1.54, 1.807) is 5.01 Å². The van der Waals surface area contributed by atoms with Crippen molar-refractivity contribution in [3.8, 4) is 6.07 Å². The lowest BCUT2D eigenvalue weighted by Gasteiger charge is -2.11. The summed E-state index contributed by atoms with van der Waals surface area (Å²) in [7, 11) is 0. The predicted octanol–water partition coefficient (Wildman–Crippen LogP) is 0.989. The zero-order valence-electron chi connectivity index (χ0n) is 7.33. The number of nitrogens with two attached hydrogens (primary N) is 1. The molecule has 0 fully saturated rings. The number of hydrazine groups is 1. The fraction of sp³-hybridized carbons (Fsp3) is 0.300. The van der Waals surface area contributed by atoms with Gasteiger partial charge >= 0.3 is 0 Å². The summed E-state index contributed by atoms with van der Waals surface area (Å²) >= 11 is 0. The van der Waals surface area contributed by atoms with Gasteiger partial charge in [-0.05, 0) is 23.6 Å². The van der Waals surface area contributed by atoms with E-state index in [0.717, 1.165) is 24.2 Å². The molecule has 3 nitrogen and oxygen atoms in total. The van der Waals surface area contributed by atoms with Crippen LogP contribution in [0.2, 0.25) is 0 Å². The number of fused-ring (bicyclic) bond motifs is 1. The molecule has 0 aliphatic carbocycles. The first kappa shape index (κ1) is 8.09. The Morgan fingerprint density at radius 3 is 3.15 bits per heavy atom. The van der Waals surface area contributed by atoms with Gasteiger partial charge in [-0.2, -0.15) is 5.26 Å². The molecule has 0 amide bonds. The Kier molecular flexibility index (Phi) is 1.91. The number of rotatable bonds is 1. The molecule has 0 unspecified atom stereocenters. The summed E-state index contributed by atoms with van der Waals surface area (Å²) in [5.41, 5.74) is 3.44. The standard InChI is InChI=1S/C10H11N3/c11-6-4-8-2-1-3-10-9(8)5-7-13(10)12/h1-3H,4-5,7,12H2. The van der Waals surface area contributed by atoms with Crippen molar-refractivity contribution in [3.05, 3.63) is 29.3 Å². The van der Waals surface area contributed by atoms with Crippen molar-refractivity contribution in [2.24, 2.45) is 5.84 Å². The van der Waals surface area contributed by atoms with Crippen LogP contribution < -0.4 is 10.9 Å². The third-order valence-electron chi connectivity index (χ3n) is 2.43. The molecular weight excluding hydrogens is 162 g/mol. The topological polar surface area (TPSA) is 53.0 Å². The summed E-state index contributed by atoms with van der Waals surface area (Å²) in [6.07, 6.45) is 1.45. The highest BCUT2D eigenvalue weighted by Crippen LogP contribution is 2.28. The van der Waals surface area contributed by atoms with E-state index >= 15 is 0 Å². The second kappa shape index (κ2) is 3.08. The summed E-state index contributed by atoms with van der Waals surface area (Å²) in [6.45, 7) is 0.859. The first-order chi connectivity index (χ1) is 6.33. The number of benzene rings is 1. The van der Waals surface area contributed by atoms with Crippen LogP contribution in [0.1, 0.15) is 11.1 Å². The highest BCUT2D eigenvalue weighted by atomic mass is 15.4. The second-order valence-corrected chi connectivity index (χ2v) is 3.19. The average molecular weight is 173 g/mol. The van der Waals surface area contributed by atoms with Crippen molar-refractivity contribution in [1.82, 2.24) is 0 Å². The monoisotopic (exact) mass is 173 g/mol. The second-order valence-electron chi connectivity index (χ2n) is 3.19. The molecule has 1 aliphatic rings. The molecule has 2 rings (SSSR count). The Hall–Kier alpha value is -1.53. The van der Waals surface area contributed by atoms with Gasteiger partial charge in [-0.25, -0.2) is 5.84 Å². The van der Waals surface area contributed by atoms with E-state index in [2.05, 4.69) is 6.07 Å². The fourth-order valence-electron chi connectivity index (χ4n) is 1.78. The van der Waals surface area contributed by atoms with Crippen molar-refractivity contribution >= 4 is 5.69 Å². The average Bonchev–Trinajstić information content (AvgIpc) is 2.50. The Morgan fingerprint density at radius 1 is 1.54 bits per heavy atom. The van der Waals surface area contributed by atoms with Gasteiger partial charge in [-0.3, -0.25) is 0 Å². The first-order valence-electron chi connectivity index (χ1n) is 4.33. The van der Waals surface area contributed by atoms with Crippen LogP contribution in [0.3, 0.4) is 0 Å². The molecule has 3 heteroatoms. The Labute approximate surface area is 77.3 Å². The molecule has 13 heavy (non-hydrogen) atoms. The third kappa shape index (κ3) is 1.25. The molecule has 0 saturated heterocycles. The molecule has 1 heterocycles. The van der Waals surface area contributed by atoms with Crippen LogP contribution in [0, 0.1) is 11.3 Å². The quantitative estimate of drug-likeness (QED) is 0.644. The van der Waals surface area contributed by atoms with Crippen LogP contribution in [0.25, 0.3) is 0 Å². The SMILES string of the molecule is N#CCc1cccc2c1CCN2N. The Balaban J connectivity index is 2.46. The number of anilines is 1. The first-order valence-corrected chi connectivity index (χ1v) is 4.33. The minimum Gasteiger partial charge on any atom is -0.310 e. The molecule has 1 aromatic rings. The van der Waals surface area contributed by atoms with Crippen LogP contribution in [-0.2, 0) is 12.8 Å². The highest BCUT2D eigenvalue weighted by molar-refractivity contribution is 5.60. The van der Waals surface area contributed by atoms with Gasteiger partial charge in [0.1, 0.15) is 0 Å². The zero-order valence-corrected chi connectivity index (χ0v) is 7.33. The largest absolute Gasteiger partial charge is 0.310 e. The maximum atomic E-state index is 8.62. The summed E-state index contributed by atoms with van der Waals surface area (Å²) in [5, 5.41) is 10.4. The van der Waals surface area contributed by atoms with Crippen LogP contribution in [0.15, 0.2) is 18.2 Å². The molecule has 2 N–H and O–H groups in total. The minimum atomic E-state index is 0.483. The van der Waals surface area contributed by atoms with Gasteiger partial charge in [-0.1, -0.05) is 12.1 Å². The van der Waals surface area contributed by atoms with Crippen LogP contribution >= 0.6 is 0 Å². The van der Waals surface area contributed by atoms with Gasteiger partial charge in [0.15, 0.2) is 0 Å². The molecule has 1 aromatic carbocycles. The van der Waals surface area contributed by atoms with Gasteiger partial charge in [0.25, 0.3) is 0 Å². The van der Waals surface area contributed by atoms with E-state index in [0.29, 0.717) is 6.42 Å². The Bertz CT molecular complexity index is 365. The highest BCUT2D eigenvalue weighted by Gasteiger charge is 2.18. The van der Waals surface area contributed by atoms with Crippen molar-refractivity contribution in [2.75, 3.05) is 11.6 Å². The van der Waals surface area contributed by atoms with Crippen LogP contribution in [0.5, 0.6) is 0 Å². The summed E-state index contributed by atoms with van der Waals surface area (Å²) in [5.74, 6) is 5.76. The molecule has 0 spiro atoms. The van der Waals surface area contributed by atoms with E-state index in [4.69, 9.17) is 11.1 Å². The zero-order chi connectivity index (χ0) is 9.26. The van der Waals surface area contributed by atoms with Gasteiger partial charge in [0, 0.05) is 6.54 Å². The number of nitriles is 1. The van der Waals surface area contributed by atoms with Crippen molar-refractivity contribution in [1.29, 1.82) is 5.26 Å². The lowest BCUT2D eigenvalue weighted by Crippen LogP contribution is -2.27. The number of nitrogens with zero attached hydrogens (tertiary/aromatic N) is 2. The normalized spacial score (nSPS) is 14.0. The van der Waals surface area contributed by atoms with Gasteiger partial charge < -0.3 is 5.01 Å². The number of hydrogen-bond donors (Lipinski definition) is 1.